The van der Waals surface area contributed by atoms with Gasteiger partial charge in [-0.3, -0.25) is 13.9 Å². The second kappa shape index (κ2) is 13.3. The number of halogens is 2. The molecule has 0 saturated heterocycles. The van der Waals surface area contributed by atoms with Crippen molar-refractivity contribution in [2.45, 2.75) is 57.6 Å². The normalized spacial score (nSPS) is 12.9. The van der Waals surface area contributed by atoms with Crippen LogP contribution in [0.5, 0.6) is 0 Å². The topological polar surface area (TPSA) is 86.8 Å². The van der Waals surface area contributed by atoms with Crippen LogP contribution >= 0.6 is 23.2 Å². The van der Waals surface area contributed by atoms with Gasteiger partial charge in [-0.05, 0) is 86.8 Å². The molecule has 0 fully saturated rings. The zero-order valence-corrected chi connectivity index (χ0v) is 24.7. The molecule has 2 atom stereocenters. The molecule has 0 spiro atoms. The second-order valence-electron chi connectivity index (χ2n) is 9.45. The molecule has 0 heterocycles. The van der Waals surface area contributed by atoms with Gasteiger partial charge in [-0.2, -0.15) is 0 Å². The van der Waals surface area contributed by atoms with Crippen molar-refractivity contribution in [3.63, 3.8) is 0 Å². The number of aryl methyl sites for hydroxylation is 1. The van der Waals surface area contributed by atoms with Crippen molar-refractivity contribution in [3.05, 3.63) is 94.0 Å². The van der Waals surface area contributed by atoms with E-state index < -0.39 is 28.5 Å². The summed E-state index contributed by atoms with van der Waals surface area (Å²) in [5, 5.41) is 3.85. The van der Waals surface area contributed by atoms with E-state index in [1.165, 1.54) is 29.2 Å². The summed E-state index contributed by atoms with van der Waals surface area (Å²) in [7, 11) is -4.15. The van der Waals surface area contributed by atoms with Crippen LogP contribution in [-0.2, 0) is 26.2 Å². The molecule has 10 heteroatoms. The standard InChI is InChI=1S/C29H33Cl2N3O4S/c1-5-21(3)32-29(36)22(4)33(18-23-9-11-24(30)12-10-23)28(35)19-34(26-8-6-7-20(2)17-26)39(37,38)27-15-13-25(31)14-16-27/h6-17,21-22H,5,18-19H2,1-4H3,(H,32,36)/t21-,22+/m0/s1. The van der Waals surface area contributed by atoms with E-state index in [4.69, 9.17) is 23.2 Å². The Morgan fingerprint density at radius 2 is 1.51 bits per heavy atom. The molecule has 0 radical (unpaired) electrons. The summed E-state index contributed by atoms with van der Waals surface area (Å²) in [6.07, 6.45) is 0.726. The van der Waals surface area contributed by atoms with Crippen molar-refractivity contribution in [3.8, 4) is 0 Å². The number of anilines is 1. The highest BCUT2D eigenvalue weighted by molar-refractivity contribution is 7.92. The highest BCUT2D eigenvalue weighted by Gasteiger charge is 2.32. The van der Waals surface area contributed by atoms with E-state index in [2.05, 4.69) is 5.32 Å². The number of hydrogen-bond acceptors (Lipinski definition) is 4. The molecular formula is C29H33Cl2N3O4S. The fourth-order valence-electron chi connectivity index (χ4n) is 3.88. The van der Waals surface area contributed by atoms with Crippen molar-refractivity contribution in [1.29, 1.82) is 0 Å². The molecule has 0 aliphatic carbocycles. The van der Waals surface area contributed by atoms with Crippen LogP contribution < -0.4 is 9.62 Å². The smallest absolute Gasteiger partial charge is 0.264 e. The lowest BCUT2D eigenvalue weighted by Crippen LogP contribution is -2.52. The number of benzene rings is 3. The molecule has 7 nitrogen and oxygen atoms in total. The van der Waals surface area contributed by atoms with Crippen LogP contribution in [-0.4, -0.2) is 43.8 Å². The van der Waals surface area contributed by atoms with Crippen molar-refractivity contribution >= 4 is 50.7 Å². The summed E-state index contributed by atoms with van der Waals surface area (Å²) in [5.74, 6) is -0.856. The molecule has 0 aromatic heterocycles. The molecule has 3 aromatic carbocycles. The van der Waals surface area contributed by atoms with Crippen LogP contribution in [0.2, 0.25) is 10.0 Å². The first-order valence-electron chi connectivity index (χ1n) is 12.6. The number of carbonyl (C=O) groups excluding carboxylic acids is 2. The summed E-state index contributed by atoms with van der Waals surface area (Å²) in [6.45, 7) is 6.89. The maximum atomic E-state index is 13.9. The predicted octanol–water partition coefficient (Wildman–Crippen LogP) is 5.83. The Hall–Kier alpha value is -3.07. The fourth-order valence-corrected chi connectivity index (χ4v) is 5.54. The van der Waals surface area contributed by atoms with Gasteiger partial charge in [-0.15, -0.1) is 0 Å². The maximum absolute atomic E-state index is 13.9. The molecule has 0 aliphatic rings. The molecule has 1 N–H and O–H groups in total. The number of amides is 2. The van der Waals surface area contributed by atoms with Gasteiger partial charge in [0.25, 0.3) is 10.0 Å². The number of carbonyl (C=O) groups is 2. The van der Waals surface area contributed by atoms with Crippen LogP contribution in [0.3, 0.4) is 0 Å². The SMILES string of the molecule is CC[C@H](C)NC(=O)[C@@H](C)N(Cc1ccc(Cl)cc1)C(=O)CN(c1cccc(C)c1)S(=O)(=O)c1ccc(Cl)cc1. The van der Waals surface area contributed by atoms with E-state index in [1.54, 1.807) is 49.4 Å². The number of nitrogens with one attached hydrogen (secondary N) is 1. The van der Waals surface area contributed by atoms with Gasteiger partial charge in [0.1, 0.15) is 12.6 Å². The average molecular weight is 591 g/mol. The van der Waals surface area contributed by atoms with E-state index in [1.807, 2.05) is 26.8 Å². The quantitative estimate of drug-likeness (QED) is 0.305. The average Bonchev–Trinajstić information content (AvgIpc) is 2.90. The van der Waals surface area contributed by atoms with E-state index in [9.17, 15) is 18.0 Å². The second-order valence-corrected chi connectivity index (χ2v) is 12.2. The third-order valence-electron chi connectivity index (χ3n) is 6.40. The van der Waals surface area contributed by atoms with E-state index in [0.29, 0.717) is 15.7 Å². The first-order valence-corrected chi connectivity index (χ1v) is 14.8. The highest BCUT2D eigenvalue weighted by Crippen LogP contribution is 2.26. The molecule has 0 bridgehead atoms. The lowest BCUT2D eigenvalue weighted by atomic mass is 10.1. The summed E-state index contributed by atoms with van der Waals surface area (Å²) < 4.78 is 28.7. The molecule has 39 heavy (non-hydrogen) atoms. The van der Waals surface area contributed by atoms with Crippen LogP contribution in [0.15, 0.2) is 77.7 Å². The third kappa shape index (κ3) is 7.97. The zero-order valence-electron chi connectivity index (χ0n) is 22.4. The van der Waals surface area contributed by atoms with Crippen molar-refractivity contribution < 1.29 is 18.0 Å². The van der Waals surface area contributed by atoms with Gasteiger partial charge in [0.15, 0.2) is 0 Å². The Morgan fingerprint density at radius 1 is 0.923 bits per heavy atom. The molecule has 3 aromatic rings. The van der Waals surface area contributed by atoms with Crippen LogP contribution in [0.1, 0.15) is 38.3 Å². The predicted molar refractivity (Wildman–Crippen MR) is 157 cm³/mol. The molecule has 2 amide bonds. The molecule has 3 rings (SSSR count). The Balaban J connectivity index is 2.02. The Labute approximate surface area is 240 Å². The summed E-state index contributed by atoms with van der Waals surface area (Å²) in [6, 6.07) is 18.7. The third-order valence-corrected chi connectivity index (χ3v) is 8.70. The Morgan fingerprint density at radius 3 is 2.08 bits per heavy atom. The van der Waals surface area contributed by atoms with Gasteiger partial charge in [-0.1, -0.05) is 54.4 Å². The molecule has 0 aliphatic heterocycles. The van der Waals surface area contributed by atoms with Crippen LogP contribution in [0, 0.1) is 6.92 Å². The first kappa shape index (κ1) is 30.5. The largest absolute Gasteiger partial charge is 0.352 e. The van der Waals surface area contributed by atoms with Gasteiger partial charge < -0.3 is 10.2 Å². The lowest BCUT2D eigenvalue weighted by Gasteiger charge is -2.32. The zero-order chi connectivity index (χ0) is 28.7. The summed E-state index contributed by atoms with van der Waals surface area (Å²) >= 11 is 12.0. The molecule has 0 unspecified atom stereocenters. The van der Waals surface area contributed by atoms with Crippen molar-refractivity contribution in [2.75, 3.05) is 10.8 Å². The maximum Gasteiger partial charge on any atom is 0.264 e. The molecule has 208 valence electrons. The van der Waals surface area contributed by atoms with Gasteiger partial charge >= 0.3 is 0 Å². The Bertz CT molecular complexity index is 1400. The van der Waals surface area contributed by atoms with Crippen LogP contribution in [0.4, 0.5) is 5.69 Å². The van der Waals surface area contributed by atoms with Gasteiger partial charge in [0, 0.05) is 22.6 Å². The van der Waals surface area contributed by atoms with E-state index >= 15 is 0 Å². The minimum absolute atomic E-state index is 0.00646. The lowest BCUT2D eigenvalue weighted by molar-refractivity contribution is -0.139. The monoisotopic (exact) mass is 589 g/mol. The van der Waals surface area contributed by atoms with Crippen LogP contribution in [0.25, 0.3) is 0 Å². The van der Waals surface area contributed by atoms with Gasteiger partial charge in [0.05, 0.1) is 10.6 Å². The van der Waals surface area contributed by atoms with Crippen molar-refractivity contribution in [1.82, 2.24) is 10.2 Å². The number of rotatable bonds is 11. The Kier molecular flexibility index (Phi) is 10.4. The number of sulfonamides is 1. The highest BCUT2D eigenvalue weighted by atomic mass is 35.5. The van der Waals surface area contributed by atoms with E-state index in [-0.39, 0.29) is 23.4 Å². The minimum Gasteiger partial charge on any atom is -0.352 e. The molecular weight excluding hydrogens is 557 g/mol. The first-order chi connectivity index (χ1) is 18.4. The van der Waals surface area contributed by atoms with Gasteiger partial charge in [0.2, 0.25) is 11.8 Å². The fraction of sp³-hybridized carbons (Fsp3) is 0.310. The number of hydrogen-bond donors (Lipinski definition) is 1. The molecule has 0 saturated carbocycles. The van der Waals surface area contributed by atoms with Crippen molar-refractivity contribution in [2.24, 2.45) is 0 Å². The van der Waals surface area contributed by atoms with Gasteiger partial charge in [-0.25, -0.2) is 8.42 Å². The van der Waals surface area contributed by atoms with E-state index in [0.717, 1.165) is 21.9 Å². The minimum atomic E-state index is -4.15. The number of nitrogens with zero attached hydrogens (tertiary/aromatic N) is 2. The summed E-state index contributed by atoms with van der Waals surface area (Å²) in [5.41, 5.74) is 1.91. The summed E-state index contributed by atoms with van der Waals surface area (Å²) in [4.78, 5) is 28.4.